The number of hydrogen-bond donors (Lipinski definition) is 1. The minimum absolute atomic E-state index is 0.0895. The molecule has 1 fully saturated rings. The lowest BCUT2D eigenvalue weighted by atomic mass is 10.3. The van der Waals surface area contributed by atoms with Gasteiger partial charge in [0.05, 0.1) is 18.0 Å². The van der Waals surface area contributed by atoms with Gasteiger partial charge in [-0.1, -0.05) is 0 Å². The number of nitrogens with one attached hydrogen (secondary N) is 1. The first-order chi connectivity index (χ1) is 10.4. The third kappa shape index (κ3) is 4.14. The summed E-state index contributed by atoms with van der Waals surface area (Å²) in [6.07, 6.45) is 1.65. The molecular weight excluding hydrogens is 306 g/mol. The lowest BCUT2D eigenvalue weighted by Crippen LogP contribution is -2.53. The van der Waals surface area contributed by atoms with E-state index in [0.29, 0.717) is 38.5 Å². The van der Waals surface area contributed by atoms with E-state index in [1.54, 1.807) is 31.0 Å². The second kappa shape index (κ2) is 7.01. The number of piperazine rings is 1. The minimum atomic E-state index is -3.17. The van der Waals surface area contributed by atoms with E-state index in [4.69, 9.17) is 0 Å². The van der Waals surface area contributed by atoms with Crippen molar-refractivity contribution in [3.8, 4) is 0 Å². The Bertz CT molecular complexity index is 626. The second-order valence-electron chi connectivity index (χ2n) is 5.04. The van der Waals surface area contributed by atoms with Crippen molar-refractivity contribution in [3.05, 3.63) is 23.8 Å². The standard InChI is InChI=1S/C13H21N5O3S/c1-3-22(20,21)18-8-6-17(7-9-18)13(19)15-10-12-4-5-14-11(2)16-12/h4-5H,3,6-10H2,1-2H3,(H,15,19). The molecule has 0 unspecified atom stereocenters. The summed E-state index contributed by atoms with van der Waals surface area (Å²) in [6.45, 7) is 5.22. The van der Waals surface area contributed by atoms with Crippen LogP contribution in [0.4, 0.5) is 4.79 Å². The highest BCUT2D eigenvalue weighted by molar-refractivity contribution is 7.89. The third-order valence-corrected chi connectivity index (χ3v) is 5.42. The van der Waals surface area contributed by atoms with E-state index in [0.717, 1.165) is 5.69 Å². The van der Waals surface area contributed by atoms with Gasteiger partial charge in [-0.25, -0.2) is 23.2 Å². The fourth-order valence-electron chi connectivity index (χ4n) is 2.23. The SMILES string of the molecule is CCS(=O)(=O)N1CCN(C(=O)NCc2ccnc(C)n2)CC1. The van der Waals surface area contributed by atoms with Gasteiger partial charge in [0.25, 0.3) is 0 Å². The topological polar surface area (TPSA) is 95.5 Å². The van der Waals surface area contributed by atoms with Gasteiger partial charge in [0.15, 0.2) is 0 Å². The molecule has 1 aromatic rings. The van der Waals surface area contributed by atoms with E-state index in [9.17, 15) is 13.2 Å². The van der Waals surface area contributed by atoms with E-state index < -0.39 is 10.0 Å². The molecule has 22 heavy (non-hydrogen) atoms. The molecular formula is C13H21N5O3S. The van der Waals surface area contributed by atoms with Crippen molar-refractivity contribution >= 4 is 16.1 Å². The molecule has 2 heterocycles. The van der Waals surface area contributed by atoms with E-state index in [-0.39, 0.29) is 11.8 Å². The van der Waals surface area contributed by atoms with Crippen LogP contribution in [0.3, 0.4) is 0 Å². The summed E-state index contributed by atoms with van der Waals surface area (Å²) in [5, 5.41) is 2.79. The molecule has 1 aliphatic heterocycles. The number of urea groups is 1. The molecule has 2 amide bonds. The summed E-state index contributed by atoms with van der Waals surface area (Å²) >= 11 is 0. The molecule has 0 aliphatic carbocycles. The number of sulfonamides is 1. The van der Waals surface area contributed by atoms with Crippen molar-refractivity contribution < 1.29 is 13.2 Å². The molecule has 1 saturated heterocycles. The van der Waals surface area contributed by atoms with Gasteiger partial charge in [-0.15, -0.1) is 0 Å². The van der Waals surface area contributed by atoms with Crippen LogP contribution in [0.5, 0.6) is 0 Å². The maximum Gasteiger partial charge on any atom is 0.317 e. The Balaban J connectivity index is 1.83. The van der Waals surface area contributed by atoms with Crippen LogP contribution in [-0.2, 0) is 16.6 Å². The maximum atomic E-state index is 12.1. The summed E-state index contributed by atoms with van der Waals surface area (Å²) in [5.74, 6) is 0.747. The van der Waals surface area contributed by atoms with Gasteiger partial charge < -0.3 is 10.2 Å². The van der Waals surface area contributed by atoms with Crippen molar-refractivity contribution in [2.45, 2.75) is 20.4 Å². The Morgan fingerprint density at radius 2 is 2.00 bits per heavy atom. The van der Waals surface area contributed by atoms with E-state index in [2.05, 4.69) is 15.3 Å². The molecule has 122 valence electrons. The molecule has 0 spiro atoms. The Morgan fingerprint density at radius 3 is 2.59 bits per heavy atom. The first kappa shape index (κ1) is 16.6. The first-order valence-electron chi connectivity index (χ1n) is 7.21. The Morgan fingerprint density at radius 1 is 1.32 bits per heavy atom. The van der Waals surface area contributed by atoms with Crippen LogP contribution in [0.15, 0.2) is 12.3 Å². The fraction of sp³-hybridized carbons (Fsp3) is 0.615. The summed E-state index contributed by atoms with van der Waals surface area (Å²) in [7, 11) is -3.17. The van der Waals surface area contributed by atoms with Crippen LogP contribution in [0.2, 0.25) is 0 Å². The number of aryl methyl sites for hydroxylation is 1. The molecule has 1 aliphatic rings. The Hall–Kier alpha value is -1.74. The van der Waals surface area contributed by atoms with Crippen LogP contribution in [0, 0.1) is 6.92 Å². The quantitative estimate of drug-likeness (QED) is 0.837. The predicted molar refractivity (Wildman–Crippen MR) is 81.6 cm³/mol. The Labute approximate surface area is 130 Å². The van der Waals surface area contributed by atoms with Gasteiger partial charge in [0, 0.05) is 32.4 Å². The van der Waals surface area contributed by atoms with E-state index >= 15 is 0 Å². The molecule has 0 aromatic carbocycles. The van der Waals surface area contributed by atoms with Crippen LogP contribution in [0.25, 0.3) is 0 Å². The van der Waals surface area contributed by atoms with E-state index in [1.165, 1.54) is 4.31 Å². The number of carbonyl (C=O) groups excluding carboxylic acids is 1. The van der Waals surface area contributed by atoms with Crippen molar-refractivity contribution in [3.63, 3.8) is 0 Å². The first-order valence-corrected chi connectivity index (χ1v) is 8.82. The van der Waals surface area contributed by atoms with Crippen molar-refractivity contribution in [2.24, 2.45) is 0 Å². The van der Waals surface area contributed by atoms with Crippen LogP contribution in [0.1, 0.15) is 18.4 Å². The zero-order valence-corrected chi connectivity index (χ0v) is 13.6. The lowest BCUT2D eigenvalue weighted by molar-refractivity contribution is 0.172. The minimum Gasteiger partial charge on any atom is -0.332 e. The van der Waals surface area contributed by atoms with Crippen molar-refractivity contribution in [1.29, 1.82) is 0 Å². The summed E-state index contributed by atoms with van der Waals surface area (Å²) in [5.41, 5.74) is 0.744. The molecule has 0 radical (unpaired) electrons. The average molecular weight is 327 g/mol. The summed E-state index contributed by atoms with van der Waals surface area (Å²) in [4.78, 5) is 21.9. The third-order valence-electron chi connectivity index (χ3n) is 3.54. The van der Waals surface area contributed by atoms with Crippen LogP contribution < -0.4 is 5.32 Å². The normalized spacial score (nSPS) is 16.5. The number of nitrogens with zero attached hydrogens (tertiary/aromatic N) is 4. The summed E-state index contributed by atoms with van der Waals surface area (Å²) in [6, 6.07) is 1.55. The average Bonchev–Trinajstić information content (AvgIpc) is 2.53. The monoisotopic (exact) mass is 327 g/mol. The van der Waals surface area contributed by atoms with Gasteiger partial charge in [0.2, 0.25) is 10.0 Å². The molecule has 8 nitrogen and oxygen atoms in total. The smallest absolute Gasteiger partial charge is 0.317 e. The van der Waals surface area contributed by atoms with Crippen LogP contribution >= 0.6 is 0 Å². The number of carbonyl (C=O) groups is 1. The van der Waals surface area contributed by atoms with Crippen LogP contribution in [-0.4, -0.2) is 65.6 Å². The molecule has 0 atom stereocenters. The molecule has 2 rings (SSSR count). The zero-order chi connectivity index (χ0) is 16.2. The largest absolute Gasteiger partial charge is 0.332 e. The fourth-order valence-corrected chi connectivity index (χ4v) is 3.32. The van der Waals surface area contributed by atoms with Gasteiger partial charge in [-0.3, -0.25) is 0 Å². The molecule has 9 heteroatoms. The van der Waals surface area contributed by atoms with Gasteiger partial charge in [-0.05, 0) is 19.9 Å². The van der Waals surface area contributed by atoms with Gasteiger partial charge in [-0.2, -0.15) is 4.31 Å². The molecule has 0 saturated carbocycles. The highest BCUT2D eigenvalue weighted by atomic mass is 32.2. The second-order valence-corrected chi connectivity index (χ2v) is 7.30. The Kier molecular flexibility index (Phi) is 5.30. The van der Waals surface area contributed by atoms with Crippen molar-refractivity contribution in [1.82, 2.24) is 24.5 Å². The summed E-state index contributed by atoms with van der Waals surface area (Å²) < 4.78 is 25.0. The number of rotatable bonds is 4. The molecule has 0 bridgehead atoms. The number of amides is 2. The molecule has 1 N–H and O–H groups in total. The highest BCUT2D eigenvalue weighted by Gasteiger charge is 2.27. The number of hydrogen-bond acceptors (Lipinski definition) is 5. The molecule has 1 aromatic heterocycles. The number of aromatic nitrogens is 2. The van der Waals surface area contributed by atoms with E-state index in [1.807, 2.05) is 0 Å². The van der Waals surface area contributed by atoms with Gasteiger partial charge >= 0.3 is 6.03 Å². The highest BCUT2D eigenvalue weighted by Crippen LogP contribution is 2.08. The maximum absolute atomic E-state index is 12.1. The van der Waals surface area contributed by atoms with Crippen molar-refractivity contribution in [2.75, 3.05) is 31.9 Å². The zero-order valence-electron chi connectivity index (χ0n) is 12.8. The van der Waals surface area contributed by atoms with Gasteiger partial charge in [0.1, 0.15) is 5.82 Å². The lowest BCUT2D eigenvalue weighted by Gasteiger charge is -2.33. The predicted octanol–water partition coefficient (Wildman–Crippen LogP) is -0.0381.